The van der Waals surface area contributed by atoms with Crippen molar-refractivity contribution in [3.05, 3.63) is 64.4 Å². The van der Waals surface area contributed by atoms with Crippen LogP contribution in [0.4, 0.5) is 0 Å². The van der Waals surface area contributed by atoms with E-state index in [9.17, 15) is 0 Å². The highest BCUT2D eigenvalue weighted by Crippen LogP contribution is 2.18. The fourth-order valence-corrected chi connectivity index (χ4v) is 2.22. The molecule has 1 atom stereocenters. The van der Waals surface area contributed by atoms with E-state index in [1.807, 2.05) is 19.3 Å². The van der Waals surface area contributed by atoms with Crippen LogP contribution in [-0.2, 0) is 6.42 Å². The van der Waals surface area contributed by atoms with Gasteiger partial charge in [0.15, 0.2) is 0 Å². The predicted octanol–water partition coefficient (Wildman–Crippen LogP) is 3.74. The standard InChI is InChI=1S/C15H17BrN2/c1-17-14(15-10-8-13(16)11-18-15)9-7-12-5-3-2-4-6-12/h2-6,8,10-11,14,17H,7,9H2,1H3. The van der Waals surface area contributed by atoms with E-state index in [0.717, 1.165) is 23.0 Å². The highest BCUT2D eigenvalue weighted by Gasteiger charge is 2.10. The van der Waals surface area contributed by atoms with Gasteiger partial charge in [0.25, 0.3) is 0 Å². The maximum atomic E-state index is 4.45. The Morgan fingerprint density at radius 1 is 1.17 bits per heavy atom. The number of nitrogens with zero attached hydrogens (tertiary/aromatic N) is 1. The molecule has 0 radical (unpaired) electrons. The lowest BCUT2D eigenvalue weighted by atomic mass is 10.0. The minimum atomic E-state index is 0.304. The van der Waals surface area contributed by atoms with Gasteiger partial charge in [-0.1, -0.05) is 30.3 Å². The van der Waals surface area contributed by atoms with Crippen LogP contribution < -0.4 is 5.32 Å². The Morgan fingerprint density at radius 3 is 2.56 bits per heavy atom. The zero-order chi connectivity index (χ0) is 12.8. The first kappa shape index (κ1) is 13.2. The van der Waals surface area contributed by atoms with Gasteiger partial charge < -0.3 is 5.32 Å². The zero-order valence-electron chi connectivity index (χ0n) is 10.4. The second-order valence-corrected chi connectivity index (χ2v) is 5.18. The molecule has 0 bridgehead atoms. The quantitative estimate of drug-likeness (QED) is 0.910. The molecule has 0 spiro atoms. The average Bonchev–Trinajstić information content (AvgIpc) is 2.42. The molecule has 2 rings (SSSR count). The molecule has 1 aromatic carbocycles. The minimum Gasteiger partial charge on any atom is -0.312 e. The Morgan fingerprint density at radius 2 is 1.94 bits per heavy atom. The van der Waals surface area contributed by atoms with Gasteiger partial charge in [0.2, 0.25) is 0 Å². The Balaban J connectivity index is 1.99. The van der Waals surface area contributed by atoms with E-state index >= 15 is 0 Å². The maximum Gasteiger partial charge on any atom is 0.0574 e. The minimum absolute atomic E-state index is 0.304. The third-order valence-corrected chi connectivity index (χ3v) is 3.49. The number of hydrogen-bond acceptors (Lipinski definition) is 2. The molecule has 2 aromatic rings. The molecule has 0 saturated carbocycles. The highest BCUT2D eigenvalue weighted by molar-refractivity contribution is 9.10. The normalized spacial score (nSPS) is 12.3. The lowest BCUT2D eigenvalue weighted by Gasteiger charge is -2.15. The van der Waals surface area contributed by atoms with Gasteiger partial charge in [-0.2, -0.15) is 0 Å². The molecule has 0 saturated heterocycles. The number of halogens is 1. The van der Waals surface area contributed by atoms with E-state index in [1.54, 1.807) is 0 Å². The number of aromatic nitrogens is 1. The highest BCUT2D eigenvalue weighted by atomic mass is 79.9. The number of rotatable bonds is 5. The van der Waals surface area contributed by atoms with Gasteiger partial charge in [-0.25, -0.2) is 0 Å². The molecule has 0 aliphatic carbocycles. The molecular formula is C15H17BrN2. The van der Waals surface area contributed by atoms with Crippen molar-refractivity contribution in [2.24, 2.45) is 0 Å². The number of hydrogen-bond donors (Lipinski definition) is 1. The van der Waals surface area contributed by atoms with Gasteiger partial charge in [-0.15, -0.1) is 0 Å². The number of aryl methyl sites for hydroxylation is 1. The first-order valence-corrected chi connectivity index (χ1v) is 6.91. The summed E-state index contributed by atoms with van der Waals surface area (Å²) < 4.78 is 1.02. The number of pyridine rings is 1. The summed E-state index contributed by atoms with van der Waals surface area (Å²) in [5.74, 6) is 0. The molecule has 0 aliphatic rings. The van der Waals surface area contributed by atoms with Crippen LogP contribution >= 0.6 is 15.9 Å². The Bertz CT molecular complexity index is 468. The van der Waals surface area contributed by atoms with Crippen LogP contribution in [0.25, 0.3) is 0 Å². The smallest absolute Gasteiger partial charge is 0.0574 e. The molecule has 1 heterocycles. The van der Waals surface area contributed by atoms with Gasteiger partial charge in [-0.05, 0) is 53.5 Å². The molecule has 0 fully saturated rings. The molecule has 1 N–H and O–H groups in total. The Kier molecular flexibility index (Phi) is 4.90. The van der Waals surface area contributed by atoms with E-state index in [1.165, 1.54) is 5.56 Å². The van der Waals surface area contributed by atoms with Crippen molar-refractivity contribution in [2.45, 2.75) is 18.9 Å². The van der Waals surface area contributed by atoms with E-state index in [0.29, 0.717) is 6.04 Å². The van der Waals surface area contributed by atoms with Crippen molar-refractivity contribution in [1.82, 2.24) is 10.3 Å². The zero-order valence-corrected chi connectivity index (χ0v) is 12.0. The summed E-state index contributed by atoms with van der Waals surface area (Å²) in [6.45, 7) is 0. The summed E-state index contributed by atoms with van der Waals surface area (Å²) in [5.41, 5.74) is 2.46. The van der Waals surface area contributed by atoms with Crippen LogP contribution in [0.2, 0.25) is 0 Å². The van der Waals surface area contributed by atoms with E-state index in [2.05, 4.69) is 62.6 Å². The fraction of sp³-hybridized carbons (Fsp3) is 0.267. The summed E-state index contributed by atoms with van der Waals surface area (Å²) >= 11 is 3.41. The molecule has 3 heteroatoms. The first-order valence-electron chi connectivity index (χ1n) is 6.12. The molecule has 0 amide bonds. The summed E-state index contributed by atoms with van der Waals surface area (Å²) in [5, 5.41) is 3.33. The van der Waals surface area contributed by atoms with Crippen molar-refractivity contribution in [3.8, 4) is 0 Å². The fourth-order valence-electron chi connectivity index (χ4n) is 1.99. The summed E-state index contributed by atoms with van der Waals surface area (Å²) in [7, 11) is 1.99. The summed E-state index contributed by atoms with van der Waals surface area (Å²) in [4.78, 5) is 4.45. The largest absolute Gasteiger partial charge is 0.312 e. The lowest BCUT2D eigenvalue weighted by Crippen LogP contribution is -2.18. The van der Waals surface area contributed by atoms with Gasteiger partial charge in [-0.3, -0.25) is 4.98 Å². The van der Waals surface area contributed by atoms with Crippen molar-refractivity contribution in [2.75, 3.05) is 7.05 Å². The predicted molar refractivity (Wildman–Crippen MR) is 78.5 cm³/mol. The van der Waals surface area contributed by atoms with Gasteiger partial charge in [0.1, 0.15) is 0 Å². The second-order valence-electron chi connectivity index (χ2n) is 4.27. The van der Waals surface area contributed by atoms with Crippen LogP contribution in [0.15, 0.2) is 53.1 Å². The molecule has 94 valence electrons. The first-order chi connectivity index (χ1) is 8.79. The Labute approximate surface area is 117 Å². The van der Waals surface area contributed by atoms with E-state index in [4.69, 9.17) is 0 Å². The van der Waals surface area contributed by atoms with Crippen molar-refractivity contribution in [3.63, 3.8) is 0 Å². The van der Waals surface area contributed by atoms with Gasteiger partial charge >= 0.3 is 0 Å². The summed E-state index contributed by atoms with van der Waals surface area (Å²) in [6, 6.07) is 15.0. The van der Waals surface area contributed by atoms with E-state index in [-0.39, 0.29) is 0 Å². The third-order valence-electron chi connectivity index (χ3n) is 3.02. The van der Waals surface area contributed by atoms with Crippen LogP contribution in [0.3, 0.4) is 0 Å². The monoisotopic (exact) mass is 304 g/mol. The lowest BCUT2D eigenvalue weighted by molar-refractivity contribution is 0.535. The van der Waals surface area contributed by atoms with Gasteiger partial charge in [0, 0.05) is 16.7 Å². The molecular weight excluding hydrogens is 288 g/mol. The molecule has 1 aromatic heterocycles. The Hall–Kier alpha value is -1.19. The maximum absolute atomic E-state index is 4.45. The van der Waals surface area contributed by atoms with Crippen molar-refractivity contribution < 1.29 is 0 Å². The third kappa shape index (κ3) is 3.65. The van der Waals surface area contributed by atoms with Crippen LogP contribution in [0.1, 0.15) is 23.7 Å². The van der Waals surface area contributed by atoms with Crippen LogP contribution in [-0.4, -0.2) is 12.0 Å². The van der Waals surface area contributed by atoms with E-state index < -0.39 is 0 Å². The van der Waals surface area contributed by atoms with Crippen molar-refractivity contribution >= 4 is 15.9 Å². The SMILES string of the molecule is CNC(CCc1ccccc1)c1ccc(Br)cn1. The molecule has 1 unspecified atom stereocenters. The second kappa shape index (κ2) is 6.66. The van der Waals surface area contributed by atoms with Crippen molar-refractivity contribution in [1.29, 1.82) is 0 Å². The molecule has 2 nitrogen and oxygen atoms in total. The average molecular weight is 305 g/mol. The molecule has 0 aliphatic heterocycles. The van der Waals surface area contributed by atoms with Gasteiger partial charge in [0.05, 0.1) is 5.69 Å². The number of benzene rings is 1. The summed E-state index contributed by atoms with van der Waals surface area (Å²) in [6.07, 6.45) is 3.96. The van der Waals surface area contributed by atoms with Crippen LogP contribution in [0, 0.1) is 0 Å². The molecule has 18 heavy (non-hydrogen) atoms. The number of nitrogens with one attached hydrogen (secondary N) is 1. The van der Waals surface area contributed by atoms with Crippen LogP contribution in [0.5, 0.6) is 0 Å². The topological polar surface area (TPSA) is 24.9 Å².